The summed E-state index contributed by atoms with van der Waals surface area (Å²) in [7, 11) is 1.68. The first-order valence-electron chi connectivity index (χ1n) is 9.41. The Morgan fingerprint density at radius 3 is 2.33 bits per heavy atom. The van der Waals surface area contributed by atoms with E-state index in [1.807, 2.05) is 27.7 Å². The zero-order valence-electron chi connectivity index (χ0n) is 17.3. The fraction of sp³-hybridized carbons (Fsp3) is 0.833. The standard InChI is InChI=1S/C18H35N5O3.HI/c1-6-9-20-15(24)13-23-10-7-14(8-11-23)22-17(19-5)21-12-16(25)26-18(2,3)4;/h14H,6-13H2,1-5H3,(H,20,24)(H2,19,21,22);1H. The highest BCUT2D eigenvalue weighted by Gasteiger charge is 2.22. The van der Waals surface area contributed by atoms with E-state index in [2.05, 4.69) is 25.8 Å². The van der Waals surface area contributed by atoms with Crippen molar-refractivity contribution < 1.29 is 14.3 Å². The molecule has 0 aromatic heterocycles. The molecule has 3 N–H and O–H groups in total. The number of nitrogens with one attached hydrogen (secondary N) is 3. The van der Waals surface area contributed by atoms with Crippen LogP contribution >= 0.6 is 24.0 Å². The number of carbonyl (C=O) groups is 2. The number of nitrogens with zero attached hydrogens (tertiary/aromatic N) is 2. The van der Waals surface area contributed by atoms with Crippen LogP contribution in [0.5, 0.6) is 0 Å². The van der Waals surface area contributed by atoms with Gasteiger partial charge >= 0.3 is 5.97 Å². The SMILES string of the molecule is CCCNC(=O)CN1CCC(NC(=NC)NCC(=O)OC(C)(C)C)CC1.I. The molecule has 8 nitrogen and oxygen atoms in total. The Hall–Kier alpha value is -1.10. The number of aliphatic imine (C=N–C) groups is 1. The molecule has 0 bridgehead atoms. The van der Waals surface area contributed by atoms with Crippen molar-refractivity contribution in [2.45, 2.75) is 58.6 Å². The number of halogens is 1. The third kappa shape index (κ3) is 12.1. The van der Waals surface area contributed by atoms with E-state index in [1.54, 1.807) is 7.05 Å². The Kier molecular flexibility index (Phi) is 12.6. The molecule has 0 radical (unpaired) electrons. The summed E-state index contributed by atoms with van der Waals surface area (Å²) in [5, 5.41) is 9.23. The summed E-state index contributed by atoms with van der Waals surface area (Å²) in [6.07, 6.45) is 2.80. The van der Waals surface area contributed by atoms with Crippen LogP contribution in [0.3, 0.4) is 0 Å². The quantitative estimate of drug-likeness (QED) is 0.211. The lowest BCUT2D eigenvalue weighted by molar-refractivity contribution is -0.153. The Bertz CT molecular complexity index is 486. The normalized spacial score (nSPS) is 16.3. The second-order valence-electron chi connectivity index (χ2n) is 7.56. The lowest BCUT2D eigenvalue weighted by atomic mass is 10.1. The summed E-state index contributed by atoms with van der Waals surface area (Å²) in [5.41, 5.74) is -0.494. The summed E-state index contributed by atoms with van der Waals surface area (Å²) in [5.74, 6) is 0.372. The zero-order valence-corrected chi connectivity index (χ0v) is 19.6. The first-order valence-corrected chi connectivity index (χ1v) is 9.41. The van der Waals surface area contributed by atoms with E-state index < -0.39 is 5.60 Å². The Morgan fingerprint density at radius 2 is 1.81 bits per heavy atom. The van der Waals surface area contributed by atoms with Crippen LogP contribution in [0.4, 0.5) is 0 Å². The number of likely N-dealkylation sites (tertiary alicyclic amines) is 1. The summed E-state index contributed by atoms with van der Waals surface area (Å²) in [4.78, 5) is 29.9. The number of guanidine groups is 1. The molecule has 1 saturated heterocycles. The fourth-order valence-electron chi connectivity index (χ4n) is 2.68. The van der Waals surface area contributed by atoms with Crippen molar-refractivity contribution in [2.24, 2.45) is 4.99 Å². The molecular formula is C18H36IN5O3. The molecule has 0 aliphatic carbocycles. The molecule has 1 rings (SSSR count). The minimum absolute atomic E-state index is 0. The first kappa shape index (κ1) is 25.9. The van der Waals surface area contributed by atoms with E-state index in [4.69, 9.17) is 4.74 Å². The highest BCUT2D eigenvalue weighted by atomic mass is 127. The van der Waals surface area contributed by atoms with E-state index in [9.17, 15) is 9.59 Å². The van der Waals surface area contributed by atoms with Crippen molar-refractivity contribution in [3.63, 3.8) is 0 Å². The van der Waals surface area contributed by atoms with Gasteiger partial charge in [0.2, 0.25) is 5.91 Å². The minimum Gasteiger partial charge on any atom is -0.459 e. The largest absolute Gasteiger partial charge is 0.459 e. The molecule has 1 aliphatic heterocycles. The van der Waals surface area contributed by atoms with Gasteiger partial charge in [-0.3, -0.25) is 19.5 Å². The van der Waals surface area contributed by atoms with E-state index in [0.717, 1.165) is 38.9 Å². The lowest BCUT2D eigenvalue weighted by Gasteiger charge is -2.32. The van der Waals surface area contributed by atoms with Crippen molar-refractivity contribution in [1.82, 2.24) is 20.9 Å². The summed E-state index contributed by atoms with van der Waals surface area (Å²) in [6.45, 7) is 10.6. The van der Waals surface area contributed by atoms with Crippen molar-refractivity contribution in [1.29, 1.82) is 0 Å². The highest BCUT2D eigenvalue weighted by Crippen LogP contribution is 2.10. The molecule has 0 aromatic carbocycles. The summed E-state index contributed by atoms with van der Waals surface area (Å²) in [6, 6.07) is 0.273. The molecule has 9 heteroatoms. The maximum atomic E-state index is 11.8. The Balaban J connectivity index is 0.00000676. The summed E-state index contributed by atoms with van der Waals surface area (Å²) >= 11 is 0. The van der Waals surface area contributed by atoms with Crippen LogP contribution in [0, 0.1) is 0 Å². The molecule has 0 unspecified atom stereocenters. The molecule has 0 spiro atoms. The van der Waals surface area contributed by atoms with Crippen LogP contribution in [0.25, 0.3) is 0 Å². The van der Waals surface area contributed by atoms with E-state index in [1.165, 1.54) is 0 Å². The number of amides is 1. The van der Waals surface area contributed by atoms with Gasteiger partial charge in [-0.1, -0.05) is 6.92 Å². The molecule has 158 valence electrons. The molecule has 0 atom stereocenters. The third-order valence-electron chi connectivity index (χ3n) is 3.91. The van der Waals surface area contributed by atoms with Gasteiger partial charge in [-0.05, 0) is 40.0 Å². The van der Waals surface area contributed by atoms with Gasteiger partial charge in [0.15, 0.2) is 5.96 Å². The van der Waals surface area contributed by atoms with Gasteiger partial charge in [0.25, 0.3) is 0 Å². The van der Waals surface area contributed by atoms with Crippen molar-refractivity contribution >= 4 is 41.8 Å². The van der Waals surface area contributed by atoms with Crippen LogP contribution in [0.1, 0.15) is 47.0 Å². The van der Waals surface area contributed by atoms with Gasteiger partial charge < -0.3 is 20.7 Å². The zero-order chi connectivity index (χ0) is 19.6. The number of hydrogen-bond donors (Lipinski definition) is 3. The molecule has 1 heterocycles. The second-order valence-corrected chi connectivity index (χ2v) is 7.56. The third-order valence-corrected chi connectivity index (χ3v) is 3.91. The smallest absolute Gasteiger partial charge is 0.325 e. The molecule has 1 aliphatic rings. The molecular weight excluding hydrogens is 461 g/mol. The summed E-state index contributed by atoms with van der Waals surface area (Å²) < 4.78 is 5.27. The number of piperidine rings is 1. The van der Waals surface area contributed by atoms with E-state index >= 15 is 0 Å². The monoisotopic (exact) mass is 497 g/mol. The average molecular weight is 497 g/mol. The van der Waals surface area contributed by atoms with Crippen LogP contribution in [-0.4, -0.2) is 74.2 Å². The molecule has 27 heavy (non-hydrogen) atoms. The van der Waals surface area contributed by atoms with Crippen LogP contribution < -0.4 is 16.0 Å². The van der Waals surface area contributed by atoms with Gasteiger partial charge in [-0.2, -0.15) is 0 Å². The number of hydrogen-bond acceptors (Lipinski definition) is 5. The maximum absolute atomic E-state index is 11.8. The topological polar surface area (TPSA) is 95.1 Å². The number of ether oxygens (including phenoxy) is 1. The van der Waals surface area contributed by atoms with Crippen molar-refractivity contribution in [3.8, 4) is 0 Å². The van der Waals surface area contributed by atoms with Crippen LogP contribution in [0.15, 0.2) is 4.99 Å². The average Bonchev–Trinajstić information content (AvgIpc) is 2.56. The van der Waals surface area contributed by atoms with Gasteiger partial charge in [-0.15, -0.1) is 24.0 Å². The minimum atomic E-state index is -0.494. The molecule has 0 aromatic rings. The van der Waals surface area contributed by atoms with Gasteiger partial charge in [0.05, 0.1) is 6.54 Å². The predicted molar refractivity (Wildman–Crippen MR) is 119 cm³/mol. The second kappa shape index (κ2) is 13.1. The van der Waals surface area contributed by atoms with Gasteiger partial charge in [0, 0.05) is 32.7 Å². The fourth-order valence-corrected chi connectivity index (χ4v) is 2.68. The first-order chi connectivity index (χ1) is 12.2. The van der Waals surface area contributed by atoms with Crippen molar-refractivity contribution in [2.75, 3.05) is 39.8 Å². The molecule has 0 saturated carbocycles. The molecule has 1 amide bonds. The number of esters is 1. The Labute approximate surface area is 180 Å². The lowest BCUT2D eigenvalue weighted by Crippen LogP contribution is -2.51. The van der Waals surface area contributed by atoms with E-state index in [-0.39, 0.29) is 48.4 Å². The van der Waals surface area contributed by atoms with Gasteiger partial charge in [-0.25, -0.2) is 0 Å². The van der Waals surface area contributed by atoms with Gasteiger partial charge in [0.1, 0.15) is 12.1 Å². The highest BCUT2D eigenvalue weighted by molar-refractivity contribution is 14.0. The van der Waals surface area contributed by atoms with Crippen LogP contribution in [-0.2, 0) is 14.3 Å². The number of rotatable bonds is 7. The predicted octanol–water partition coefficient (Wildman–Crippen LogP) is 1.10. The number of carbonyl (C=O) groups excluding carboxylic acids is 2. The van der Waals surface area contributed by atoms with Crippen LogP contribution in [0.2, 0.25) is 0 Å². The van der Waals surface area contributed by atoms with E-state index in [0.29, 0.717) is 12.5 Å². The maximum Gasteiger partial charge on any atom is 0.325 e. The Morgan fingerprint density at radius 1 is 1.19 bits per heavy atom. The van der Waals surface area contributed by atoms with Crippen molar-refractivity contribution in [3.05, 3.63) is 0 Å². The molecule has 1 fully saturated rings.